The number of thioether (sulfide) groups is 1. The number of carboxylic acid groups (broad SMARTS) is 1. The minimum atomic E-state index is -0.935. The third-order valence-electron chi connectivity index (χ3n) is 2.97. The minimum absolute atomic E-state index is 0.261. The predicted octanol–water partition coefficient (Wildman–Crippen LogP) is 4.20. The van der Waals surface area contributed by atoms with E-state index >= 15 is 0 Å². The van der Waals surface area contributed by atoms with Crippen LogP contribution in [-0.4, -0.2) is 22.3 Å². The molecular weight excluding hydrogens is 284 g/mol. The summed E-state index contributed by atoms with van der Waals surface area (Å²) in [6.07, 6.45) is 3.71. The van der Waals surface area contributed by atoms with Gasteiger partial charge >= 0.3 is 5.97 Å². The van der Waals surface area contributed by atoms with Crippen LogP contribution in [0.1, 0.15) is 29.4 Å². The Labute approximate surface area is 128 Å². The maximum Gasteiger partial charge on any atom is 0.335 e. The molecule has 1 aromatic heterocycles. The molecule has 5 heteroatoms. The Kier molecular flexibility index (Phi) is 5.22. The molecule has 0 bridgehead atoms. The molecule has 0 aliphatic heterocycles. The summed E-state index contributed by atoms with van der Waals surface area (Å²) < 4.78 is 0. The van der Waals surface area contributed by atoms with Crippen molar-refractivity contribution >= 4 is 29.2 Å². The van der Waals surface area contributed by atoms with E-state index in [1.807, 2.05) is 37.4 Å². The first-order valence-corrected chi connectivity index (χ1v) is 8.00. The van der Waals surface area contributed by atoms with Crippen LogP contribution in [0.5, 0.6) is 0 Å². The number of carbonyl (C=O) groups is 1. The van der Waals surface area contributed by atoms with Crippen LogP contribution in [0.15, 0.2) is 41.3 Å². The molecule has 2 aromatic rings. The zero-order valence-electron chi connectivity index (χ0n) is 12.1. The van der Waals surface area contributed by atoms with Crippen LogP contribution < -0.4 is 5.32 Å². The molecule has 0 aliphatic carbocycles. The molecule has 1 aromatic carbocycles. The van der Waals surface area contributed by atoms with Gasteiger partial charge in [-0.25, -0.2) is 9.78 Å². The second-order valence-corrected chi connectivity index (χ2v) is 5.52. The minimum Gasteiger partial charge on any atom is -0.478 e. The van der Waals surface area contributed by atoms with Crippen LogP contribution in [0.3, 0.4) is 0 Å². The number of anilines is 2. The highest BCUT2D eigenvalue weighted by molar-refractivity contribution is 7.98. The highest BCUT2D eigenvalue weighted by Gasteiger charge is 2.08. The van der Waals surface area contributed by atoms with Crippen molar-refractivity contribution in [2.24, 2.45) is 0 Å². The third kappa shape index (κ3) is 4.23. The lowest BCUT2D eigenvalue weighted by Crippen LogP contribution is -2.03. The van der Waals surface area contributed by atoms with Gasteiger partial charge in [0.25, 0.3) is 0 Å². The summed E-state index contributed by atoms with van der Waals surface area (Å²) in [5.74, 6) is -0.368. The SMILES string of the molecule is CCCc1cc(C(=O)O)cc(Nc2cccc(SC)c2)n1. The molecule has 0 aliphatic rings. The van der Waals surface area contributed by atoms with Crippen LogP contribution in [-0.2, 0) is 6.42 Å². The lowest BCUT2D eigenvalue weighted by Gasteiger charge is -2.10. The van der Waals surface area contributed by atoms with Crippen molar-refractivity contribution in [3.05, 3.63) is 47.7 Å². The zero-order chi connectivity index (χ0) is 15.2. The molecule has 0 amide bonds. The fourth-order valence-corrected chi connectivity index (χ4v) is 2.47. The average molecular weight is 302 g/mol. The number of aromatic carboxylic acids is 1. The number of rotatable bonds is 6. The Morgan fingerprint density at radius 2 is 2.14 bits per heavy atom. The number of benzene rings is 1. The average Bonchev–Trinajstić information content (AvgIpc) is 2.47. The van der Waals surface area contributed by atoms with Crippen LogP contribution in [0, 0.1) is 0 Å². The van der Waals surface area contributed by atoms with Gasteiger partial charge in [0.15, 0.2) is 0 Å². The van der Waals surface area contributed by atoms with Gasteiger partial charge in [0.05, 0.1) is 5.56 Å². The van der Waals surface area contributed by atoms with E-state index in [9.17, 15) is 9.90 Å². The summed E-state index contributed by atoms with van der Waals surface area (Å²) in [4.78, 5) is 16.8. The maximum atomic E-state index is 11.2. The molecule has 0 saturated carbocycles. The maximum absolute atomic E-state index is 11.2. The number of pyridine rings is 1. The monoisotopic (exact) mass is 302 g/mol. The van der Waals surface area contributed by atoms with E-state index in [1.54, 1.807) is 23.9 Å². The number of hydrogen-bond donors (Lipinski definition) is 2. The van der Waals surface area contributed by atoms with Crippen LogP contribution in [0.2, 0.25) is 0 Å². The van der Waals surface area contributed by atoms with Crippen molar-refractivity contribution in [1.82, 2.24) is 4.98 Å². The van der Waals surface area contributed by atoms with Crippen molar-refractivity contribution < 1.29 is 9.90 Å². The molecule has 2 N–H and O–H groups in total. The first kappa shape index (κ1) is 15.4. The number of nitrogens with one attached hydrogen (secondary N) is 1. The highest BCUT2D eigenvalue weighted by atomic mass is 32.2. The van der Waals surface area contributed by atoms with Gasteiger partial charge in [0.2, 0.25) is 0 Å². The molecule has 0 fully saturated rings. The van der Waals surface area contributed by atoms with Crippen LogP contribution in [0.4, 0.5) is 11.5 Å². The molecule has 2 rings (SSSR count). The Bertz CT molecular complexity index is 644. The van der Waals surface area contributed by atoms with Gasteiger partial charge in [0.1, 0.15) is 5.82 Å². The van der Waals surface area contributed by atoms with Gasteiger partial charge in [-0.15, -0.1) is 11.8 Å². The van der Waals surface area contributed by atoms with E-state index in [-0.39, 0.29) is 5.56 Å². The standard InChI is InChI=1S/C16H18N2O2S/c1-3-5-12-8-11(16(19)20)9-15(17-12)18-13-6-4-7-14(10-13)21-2/h4,6-10H,3,5H2,1-2H3,(H,17,18)(H,19,20). The molecule has 0 spiro atoms. The lowest BCUT2D eigenvalue weighted by molar-refractivity contribution is 0.0696. The van der Waals surface area contributed by atoms with Gasteiger partial charge in [-0.2, -0.15) is 0 Å². The van der Waals surface area contributed by atoms with E-state index in [4.69, 9.17) is 0 Å². The van der Waals surface area contributed by atoms with E-state index in [1.165, 1.54) is 0 Å². The Morgan fingerprint density at radius 3 is 2.81 bits per heavy atom. The molecule has 0 radical (unpaired) electrons. The summed E-state index contributed by atoms with van der Waals surface area (Å²) in [5.41, 5.74) is 1.96. The van der Waals surface area contributed by atoms with Crippen LogP contribution >= 0.6 is 11.8 Å². The Hall–Kier alpha value is -2.01. The normalized spacial score (nSPS) is 10.4. The Morgan fingerprint density at radius 1 is 1.33 bits per heavy atom. The van der Waals surface area contributed by atoms with Gasteiger partial charge in [0, 0.05) is 16.3 Å². The molecule has 0 atom stereocenters. The number of carboxylic acids is 1. The number of nitrogens with zero attached hydrogens (tertiary/aromatic N) is 1. The van der Waals surface area contributed by atoms with Gasteiger partial charge in [-0.3, -0.25) is 0 Å². The van der Waals surface area contributed by atoms with Crippen molar-refractivity contribution in [3.63, 3.8) is 0 Å². The number of aryl methyl sites for hydroxylation is 1. The quantitative estimate of drug-likeness (QED) is 0.783. The highest BCUT2D eigenvalue weighted by Crippen LogP contribution is 2.22. The molecule has 110 valence electrons. The summed E-state index contributed by atoms with van der Waals surface area (Å²) in [6, 6.07) is 11.1. The fourth-order valence-electron chi connectivity index (χ4n) is 2.01. The summed E-state index contributed by atoms with van der Waals surface area (Å²) >= 11 is 1.66. The van der Waals surface area contributed by atoms with Crippen molar-refractivity contribution in [1.29, 1.82) is 0 Å². The molecule has 0 saturated heterocycles. The summed E-state index contributed by atoms with van der Waals surface area (Å²) in [7, 11) is 0. The van der Waals surface area contributed by atoms with Gasteiger partial charge in [-0.1, -0.05) is 19.4 Å². The first-order valence-electron chi connectivity index (χ1n) is 6.77. The van der Waals surface area contributed by atoms with Crippen molar-refractivity contribution in [3.8, 4) is 0 Å². The fraction of sp³-hybridized carbons (Fsp3) is 0.250. The second kappa shape index (κ2) is 7.13. The molecule has 1 heterocycles. The summed E-state index contributed by atoms with van der Waals surface area (Å²) in [6.45, 7) is 2.05. The Balaban J connectivity index is 2.31. The number of hydrogen-bond acceptors (Lipinski definition) is 4. The van der Waals surface area contributed by atoms with Gasteiger partial charge in [-0.05, 0) is 43.0 Å². The van der Waals surface area contributed by atoms with E-state index in [0.29, 0.717) is 5.82 Å². The topological polar surface area (TPSA) is 62.2 Å². The molecular formula is C16H18N2O2S. The molecule has 21 heavy (non-hydrogen) atoms. The predicted molar refractivity (Wildman–Crippen MR) is 86.7 cm³/mol. The molecule has 0 unspecified atom stereocenters. The molecule has 4 nitrogen and oxygen atoms in total. The van der Waals surface area contributed by atoms with Crippen molar-refractivity contribution in [2.75, 3.05) is 11.6 Å². The van der Waals surface area contributed by atoms with E-state index < -0.39 is 5.97 Å². The smallest absolute Gasteiger partial charge is 0.335 e. The van der Waals surface area contributed by atoms with E-state index in [0.717, 1.165) is 29.1 Å². The van der Waals surface area contributed by atoms with Crippen molar-refractivity contribution in [2.45, 2.75) is 24.7 Å². The first-order chi connectivity index (χ1) is 10.1. The summed E-state index contributed by atoms with van der Waals surface area (Å²) in [5, 5.41) is 12.4. The zero-order valence-corrected chi connectivity index (χ0v) is 12.9. The largest absolute Gasteiger partial charge is 0.478 e. The van der Waals surface area contributed by atoms with Crippen LogP contribution in [0.25, 0.3) is 0 Å². The third-order valence-corrected chi connectivity index (χ3v) is 3.70. The lowest BCUT2D eigenvalue weighted by atomic mass is 10.1. The number of aromatic nitrogens is 1. The van der Waals surface area contributed by atoms with E-state index in [2.05, 4.69) is 10.3 Å². The van der Waals surface area contributed by atoms with Gasteiger partial charge < -0.3 is 10.4 Å². The second-order valence-electron chi connectivity index (χ2n) is 4.64.